The number of benzene rings is 1. The first-order valence-corrected chi connectivity index (χ1v) is 8.10. The van der Waals surface area contributed by atoms with E-state index in [-0.39, 0.29) is 31.4 Å². The first-order valence-electron chi connectivity index (χ1n) is 8.10. The van der Waals surface area contributed by atoms with E-state index in [2.05, 4.69) is 32.5 Å². The highest BCUT2D eigenvalue weighted by atomic mass is 19.4. The Hall–Kier alpha value is -2.75. The Morgan fingerprint density at radius 3 is 2.59 bits per heavy atom. The zero-order valence-electron chi connectivity index (χ0n) is 14.1. The van der Waals surface area contributed by atoms with Crippen LogP contribution >= 0.6 is 0 Å². The van der Waals surface area contributed by atoms with Crippen LogP contribution in [0.2, 0.25) is 0 Å². The third kappa shape index (κ3) is 4.16. The third-order valence-electron chi connectivity index (χ3n) is 4.38. The van der Waals surface area contributed by atoms with E-state index in [1.165, 1.54) is 18.2 Å². The zero-order chi connectivity index (χ0) is 19.7. The van der Waals surface area contributed by atoms with Gasteiger partial charge in [-0.3, -0.25) is 20.2 Å². The molecule has 1 aromatic carbocycles. The molecule has 0 spiro atoms. The van der Waals surface area contributed by atoms with Crippen LogP contribution in [0.3, 0.4) is 0 Å². The van der Waals surface area contributed by atoms with E-state index in [9.17, 15) is 22.4 Å². The van der Waals surface area contributed by atoms with Gasteiger partial charge in [-0.05, 0) is 24.4 Å². The summed E-state index contributed by atoms with van der Waals surface area (Å²) in [6.45, 7) is 3.60. The molecule has 27 heavy (non-hydrogen) atoms. The Morgan fingerprint density at radius 2 is 2.00 bits per heavy atom. The Bertz CT molecular complexity index is 825. The smallest absolute Gasteiger partial charge is 0.306 e. The number of carbonyl (C=O) groups excluding carboxylic acids is 1. The van der Waals surface area contributed by atoms with Crippen LogP contribution in [0, 0.1) is 0 Å². The predicted molar refractivity (Wildman–Crippen MR) is 92.1 cm³/mol. The predicted octanol–water partition coefficient (Wildman–Crippen LogP) is 3.15. The highest BCUT2D eigenvalue weighted by Gasteiger charge is 2.51. The Labute approximate surface area is 152 Å². The van der Waals surface area contributed by atoms with Crippen molar-refractivity contribution in [3.05, 3.63) is 35.9 Å². The molecule has 0 saturated heterocycles. The highest BCUT2D eigenvalue weighted by molar-refractivity contribution is 5.97. The number of halogens is 4. The fourth-order valence-corrected chi connectivity index (χ4v) is 2.85. The number of carbonyl (C=O) groups is 1. The van der Waals surface area contributed by atoms with Gasteiger partial charge in [0.1, 0.15) is 0 Å². The van der Waals surface area contributed by atoms with Crippen molar-refractivity contribution >= 4 is 18.4 Å². The van der Waals surface area contributed by atoms with E-state index in [0.29, 0.717) is 11.3 Å². The van der Waals surface area contributed by atoms with E-state index in [1.54, 1.807) is 0 Å². The number of aromatic amines is 1. The summed E-state index contributed by atoms with van der Waals surface area (Å²) in [6.07, 6.45) is -4.38. The van der Waals surface area contributed by atoms with Crippen molar-refractivity contribution in [1.29, 1.82) is 0 Å². The number of hydrogen-bond acceptors (Lipinski definition) is 4. The van der Waals surface area contributed by atoms with E-state index >= 15 is 0 Å². The highest BCUT2D eigenvalue weighted by Crippen LogP contribution is 2.37. The molecule has 1 fully saturated rings. The molecule has 0 atom stereocenters. The average molecular weight is 383 g/mol. The number of nitrogens with zero attached hydrogens (tertiary/aromatic N) is 2. The first kappa shape index (κ1) is 19.0. The van der Waals surface area contributed by atoms with Crippen molar-refractivity contribution in [3.63, 3.8) is 0 Å². The molecule has 1 amide bonds. The van der Waals surface area contributed by atoms with Gasteiger partial charge in [-0.1, -0.05) is 12.1 Å². The molecule has 3 rings (SSSR count). The fraction of sp³-hybridized carbons (Fsp3) is 0.353. The van der Waals surface area contributed by atoms with E-state index < -0.39 is 23.3 Å². The fourth-order valence-electron chi connectivity index (χ4n) is 2.85. The van der Waals surface area contributed by atoms with Crippen LogP contribution < -0.4 is 10.6 Å². The topological polar surface area (TPSA) is 82.2 Å². The van der Waals surface area contributed by atoms with Gasteiger partial charge in [0.05, 0.1) is 17.9 Å². The average Bonchev–Trinajstić information content (AvgIpc) is 3.05. The summed E-state index contributed by atoms with van der Waals surface area (Å²) in [4.78, 5) is 15.7. The van der Waals surface area contributed by atoms with E-state index in [4.69, 9.17) is 0 Å². The van der Waals surface area contributed by atoms with Gasteiger partial charge in [0.15, 0.2) is 11.5 Å². The van der Waals surface area contributed by atoms with Gasteiger partial charge >= 0.3 is 6.18 Å². The summed E-state index contributed by atoms with van der Waals surface area (Å²) in [7, 11) is 0. The summed E-state index contributed by atoms with van der Waals surface area (Å²) in [5, 5.41) is 11.8. The second-order valence-electron chi connectivity index (χ2n) is 6.35. The summed E-state index contributed by atoms with van der Waals surface area (Å²) >= 11 is 0. The number of nitrogens with one attached hydrogen (secondary N) is 3. The minimum absolute atomic E-state index is 0.0184. The lowest BCUT2D eigenvalue weighted by Crippen LogP contribution is -2.57. The van der Waals surface area contributed by atoms with Crippen molar-refractivity contribution in [2.24, 2.45) is 4.99 Å². The van der Waals surface area contributed by atoms with Crippen LogP contribution in [-0.4, -0.2) is 41.2 Å². The van der Waals surface area contributed by atoms with Crippen LogP contribution in [0.25, 0.3) is 11.3 Å². The maximum absolute atomic E-state index is 14.5. The molecule has 1 heterocycles. The van der Waals surface area contributed by atoms with Crippen molar-refractivity contribution in [3.8, 4) is 11.3 Å². The third-order valence-corrected chi connectivity index (χ3v) is 4.38. The number of H-pyrrole nitrogens is 1. The van der Waals surface area contributed by atoms with Crippen LogP contribution in [0.1, 0.15) is 18.4 Å². The monoisotopic (exact) mass is 383 g/mol. The molecular formula is C17H17F4N5O. The number of rotatable bonds is 6. The normalized spacial score (nSPS) is 22.1. The molecular weight excluding hydrogens is 366 g/mol. The van der Waals surface area contributed by atoms with Crippen molar-refractivity contribution in [2.75, 3.05) is 12.0 Å². The van der Waals surface area contributed by atoms with Gasteiger partial charge in [0.25, 0.3) is 5.91 Å². The molecule has 1 aliphatic rings. The number of hydrogen-bond donors (Lipinski definition) is 3. The van der Waals surface area contributed by atoms with Gasteiger partial charge < -0.3 is 5.32 Å². The SMILES string of the molecule is C=NCNC1CC(F)(C(=O)Nc2cc(-c3ccc(C(F)(F)F)cc3)[nH]n2)C1. The molecule has 2 aromatic rings. The summed E-state index contributed by atoms with van der Waals surface area (Å²) in [5.74, 6) is -0.714. The Morgan fingerprint density at radius 1 is 1.33 bits per heavy atom. The van der Waals surface area contributed by atoms with Gasteiger partial charge in [-0.2, -0.15) is 18.3 Å². The molecule has 0 unspecified atom stereocenters. The van der Waals surface area contributed by atoms with Crippen LogP contribution in [0.15, 0.2) is 35.3 Å². The van der Waals surface area contributed by atoms with Crippen LogP contribution in [-0.2, 0) is 11.0 Å². The molecule has 0 bridgehead atoms. The summed E-state index contributed by atoms with van der Waals surface area (Å²) in [6, 6.07) is 5.76. The molecule has 1 saturated carbocycles. The standard InChI is InChI=1S/C17H17F4N5O/c1-22-9-23-12-7-16(18,8-12)15(27)24-14-6-13(25-26-14)10-2-4-11(5-3-10)17(19,20)21/h2-6,12,23H,1,7-9H2,(H2,24,25,26,27). The summed E-state index contributed by atoms with van der Waals surface area (Å²) < 4.78 is 52.3. The second-order valence-corrected chi connectivity index (χ2v) is 6.35. The van der Waals surface area contributed by atoms with Crippen molar-refractivity contribution < 1.29 is 22.4 Å². The molecule has 1 aliphatic carbocycles. The molecule has 1 aromatic heterocycles. The quantitative estimate of drug-likeness (QED) is 0.529. The van der Waals surface area contributed by atoms with Gasteiger partial charge in [0.2, 0.25) is 0 Å². The minimum Gasteiger partial charge on any atom is -0.306 e. The lowest BCUT2D eigenvalue weighted by atomic mass is 9.76. The molecule has 3 N–H and O–H groups in total. The molecule has 144 valence electrons. The maximum Gasteiger partial charge on any atom is 0.416 e. The number of aliphatic imine (C=N–C) groups is 1. The largest absolute Gasteiger partial charge is 0.416 e. The summed E-state index contributed by atoms with van der Waals surface area (Å²) in [5.41, 5.74) is -1.90. The van der Waals surface area contributed by atoms with Gasteiger partial charge in [-0.25, -0.2) is 4.39 Å². The zero-order valence-corrected chi connectivity index (χ0v) is 14.1. The van der Waals surface area contributed by atoms with E-state index in [0.717, 1.165) is 12.1 Å². The molecule has 0 aliphatic heterocycles. The Balaban J connectivity index is 1.61. The Kier molecular flexibility index (Phi) is 5.01. The van der Waals surface area contributed by atoms with Crippen molar-refractivity contribution in [1.82, 2.24) is 15.5 Å². The van der Waals surface area contributed by atoms with E-state index in [1.807, 2.05) is 0 Å². The lowest BCUT2D eigenvalue weighted by molar-refractivity contribution is -0.137. The number of anilines is 1. The first-order chi connectivity index (χ1) is 12.7. The molecule has 10 heteroatoms. The maximum atomic E-state index is 14.5. The number of aromatic nitrogens is 2. The van der Waals surface area contributed by atoms with Gasteiger partial charge in [-0.15, -0.1) is 0 Å². The lowest BCUT2D eigenvalue weighted by Gasteiger charge is -2.39. The molecule has 6 nitrogen and oxygen atoms in total. The van der Waals surface area contributed by atoms with Crippen LogP contribution in [0.4, 0.5) is 23.4 Å². The second kappa shape index (κ2) is 7.10. The minimum atomic E-state index is -4.42. The number of amides is 1. The molecule has 0 radical (unpaired) electrons. The van der Waals surface area contributed by atoms with Gasteiger partial charge in [0, 0.05) is 24.9 Å². The number of alkyl halides is 4. The van der Waals surface area contributed by atoms with Crippen LogP contribution in [0.5, 0.6) is 0 Å². The van der Waals surface area contributed by atoms with Crippen molar-refractivity contribution in [2.45, 2.75) is 30.7 Å².